The molecular weight excluding hydrogens is 607 g/mol. The first-order valence-corrected chi connectivity index (χ1v) is 17.4. The predicted octanol–water partition coefficient (Wildman–Crippen LogP) is 9.06. The number of benzene rings is 1. The molecule has 0 aliphatic carbocycles. The van der Waals surface area contributed by atoms with Gasteiger partial charge < -0.3 is 9.46 Å². The van der Waals surface area contributed by atoms with Crippen molar-refractivity contribution >= 4 is 48.7 Å². The topological polar surface area (TPSA) is 85.9 Å². The SMILES string of the molecule is C=CN1N=C(c2c(F)ccc(NS(S)(S)c3cc(C#N)cnc3OC)c2F)C=C\C1=C(CCCC)/C(C)=N/C=C\CCC. The van der Waals surface area contributed by atoms with Gasteiger partial charge in [-0.15, -0.1) is 0 Å². The number of nitriles is 1. The van der Waals surface area contributed by atoms with Crippen LogP contribution < -0.4 is 9.46 Å². The number of aliphatic imine (C=N–C) groups is 1. The number of allylic oxidation sites excluding steroid dienone is 4. The summed E-state index contributed by atoms with van der Waals surface area (Å²) in [6.45, 7) is 10.0. The van der Waals surface area contributed by atoms with E-state index in [-0.39, 0.29) is 28.4 Å². The molecule has 0 amide bonds. The lowest BCUT2D eigenvalue weighted by molar-refractivity contribution is 0.387. The number of thiol groups is 2. The molecule has 1 aromatic heterocycles. The van der Waals surface area contributed by atoms with Gasteiger partial charge in [0.1, 0.15) is 11.9 Å². The number of ether oxygens (including phenoxy) is 1. The summed E-state index contributed by atoms with van der Waals surface area (Å²) in [5.74, 6) is -1.50. The minimum atomic E-state index is -2.61. The lowest BCUT2D eigenvalue weighted by atomic mass is 9.99. The van der Waals surface area contributed by atoms with Crippen molar-refractivity contribution < 1.29 is 13.5 Å². The van der Waals surface area contributed by atoms with E-state index < -0.39 is 19.9 Å². The monoisotopic (exact) mass is 642 g/mol. The van der Waals surface area contributed by atoms with E-state index in [4.69, 9.17) is 4.74 Å². The Kier molecular flexibility index (Phi) is 12.5. The predicted molar refractivity (Wildman–Crippen MR) is 181 cm³/mol. The lowest BCUT2D eigenvalue weighted by Crippen LogP contribution is -2.21. The van der Waals surface area contributed by atoms with Gasteiger partial charge in [0.05, 0.1) is 40.2 Å². The minimum Gasteiger partial charge on any atom is -0.480 e. The van der Waals surface area contributed by atoms with Gasteiger partial charge in [-0.2, -0.15) is 10.4 Å². The average molecular weight is 643 g/mol. The average Bonchev–Trinajstić information content (AvgIpc) is 3.00. The molecular formula is C31H36F2N6OS3. The van der Waals surface area contributed by atoms with Crippen LogP contribution in [-0.2, 0) is 0 Å². The zero-order chi connectivity index (χ0) is 31.6. The van der Waals surface area contributed by atoms with Gasteiger partial charge in [0.25, 0.3) is 0 Å². The fourth-order valence-corrected chi connectivity index (χ4v) is 6.83. The number of pyridine rings is 1. The third-order valence-electron chi connectivity index (χ3n) is 6.44. The number of methoxy groups -OCH3 is 1. The Morgan fingerprint density at radius 3 is 2.67 bits per heavy atom. The van der Waals surface area contributed by atoms with Crippen molar-refractivity contribution in [1.82, 2.24) is 9.99 Å². The van der Waals surface area contributed by atoms with Crippen molar-refractivity contribution in [3.63, 3.8) is 0 Å². The number of rotatable bonds is 13. The lowest BCUT2D eigenvalue weighted by Gasteiger charge is -2.32. The maximum absolute atomic E-state index is 16.0. The fraction of sp³-hybridized carbons (Fsp3) is 0.290. The number of hydrogen-bond acceptors (Lipinski definition) is 9. The third-order valence-corrected chi connectivity index (χ3v) is 9.57. The smallest absolute Gasteiger partial charge is 0.228 e. The molecule has 12 heteroatoms. The maximum Gasteiger partial charge on any atom is 0.228 e. The van der Waals surface area contributed by atoms with Gasteiger partial charge in [0, 0.05) is 24.3 Å². The van der Waals surface area contributed by atoms with Gasteiger partial charge in [-0.1, -0.05) is 62.7 Å². The highest BCUT2D eigenvalue weighted by Crippen LogP contribution is 2.65. The zero-order valence-electron chi connectivity index (χ0n) is 24.6. The first-order valence-electron chi connectivity index (χ1n) is 13.7. The molecule has 1 aromatic carbocycles. The van der Waals surface area contributed by atoms with E-state index >= 15 is 8.78 Å². The number of anilines is 1. The summed E-state index contributed by atoms with van der Waals surface area (Å²) in [7, 11) is -1.20. The second-order valence-electron chi connectivity index (χ2n) is 9.48. The number of hydrazone groups is 1. The highest BCUT2D eigenvalue weighted by molar-refractivity contribution is 9.18. The molecule has 0 saturated carbocycles. The molecule has 43 heavy (non-hydrogen) atoms. The van der Waals surface area contributed by atoms with E-state index in [0.29, 0.717) is 4.90 Å². The summed E-state index contributed by atoms with van der Waals surface area (Å²) >= 11 is 9.27. The van der Waals surface area contributed by atoms with Gasteiger partial charge in [0.2, 0.25) is 5.88 Å². The molecule has 1 aliphatic rings. The molecule has 228 valence electrons. The number of aromatic nitrogens is 1. The number of halogens is 2. The molecule has 0 saturated heterocycles. The number of nitrogens with zero attached hydrogens (tertiary/aromatic N) is 5. The summed E-state index contributed by atoms with van der Waals surface area (Å²) in [4.78, 5) is 9.10. The maximum atomic E-state index is 16.0. The van der Waals surface area contributed by atoms with E-state index in [1.54, 1.807) is 18.4 Å². The van der Waals surface area contributed by atoms with Crippen molar-refractivity contribution in [3.05, 3.63) is 95.6 Å². The molecule has 0 fully saturated rings. The van der Waals surface area contributed by atoms with Crippen LogP contribution in [0, 0.1) is 23.0 Å². The first-order chi connectivity index (χ1) is 20.6. The van der Waals surface area contributed by atoms with Crippen LogP contribution in [0.25, 0.3) is 0 Å². The van der Waals surface area contributed by atoms with Crippen molar-refractivity contribution in [2.24, 2.45) is 10.1 Å². The van der Waals surface area contributed by atoms with Crippen LogP contribution in [0.4, 0.5) is 14.5 Å². The Morgan fingerprint density at radius 2 is 2.02 bits per heavy atom. The molecule has 1 aliphatic heterocycles. The Bertz CT molecular complexity index is 1540. The van der Waals surface area contributed by atoms with Crippen LogP contribution >= 0.6 is 31.6 Å². The molecule has 2 aromatic rings. The second kappa shape index (κ2) is 15.8. The van der Waals surface area contributed by atoms with Gasteiger partial charge in [-0.3, -0.25) is 4.99 Å². The Morgan fingerprint density at radius 1 is 1.26 bits per heavy atom. The van der Waals surface area contributed by atoms with Crippen LogP contribution in [0.3, 0.4) is 0 Å². The van der Waals surface area contributed by atoms with Crippen molar-refractivity contribution in [1.29, 1.82) is 5.26 Å². The second-order valence-corrected chi connectivity index (χ2v) is 15.4. The molecule has 0 radical (unpaired) electrons. The molecule has 2 heterocycles. The van der Waals surface area contributed by atoms with Gasteiger partial charge in [-0.05, 0) is 70.4 Å². The number of nitrogens with one attached hydrogen (secondary N) is 1. The van der Waals surface area contributed by atoms with Crippen LogP contribution in [0.2, 0.25) is 0 Å². The molecule has 0 spiro atoms. The molecule has 7 nitrogen and oxygen atoms in total. The van der Waals surface area contributed by atoms with Gasteiger partial charge >= 0.3 is 0 Å². The van der Waals surface area contributed by atoms with E-state index in [1.807, 2.05) is 19.1 Å². The molecule has 1 N–H and O–H groups in total. The molecule has 0 atom stereocenters. The van der Waals surface area contributed by atoms with Crippen LogP contribution in [0.5, 0.6) is 5.88 Å². The highest BCUT2D eigenvalue weighted by Gasteiger charge is 2.28. The van der Waals surface area contributed by atoms with Gasteiger partial charge in [-0.25, -0.2) is 18.8 Å². The third kappa shape index (κ3) is 8.31. The fourth-order valence-electron chi connectivity index (χ4n) is 4.21. The van der Waals surface area contributed by atoms with Crippen LogP contribution in [0.1, 0.15) is 64.0 Å². The minimum absolute atomic E-state index is 0.0612. The van der Waals surface area contributed by atoms with E-state index in [0.717, 1.165) is 55.2 Å². The zero-order valence-corrected chi connectivity index (χ0v) is 27.2. The van der Waals surface area contributed by atoms with Gasteiger partial charge in [0.15, 0.2) is 5.82 Å². The van der Waals surface area contributed by atoms with Crippen molar-refractivity contribution in [2.45, 2.75) is 57.8 Å². The quantitative estimate of drug-likeness (QED) is 0.115. The van der Waals surface area contributed by atoms with Crippen molar-refractivity contribution in [3.8, 4) is 11.9 Å². The summed E-state index contributed by atoms with van der Waals surface area (Å²) in [6.07, 6.45) is 14.7. The van der Waals surface area contributed by atoms with Crippen molar-refractivity contribution in [2.75, 3.05) is 11.8 Å². The number of hydrogen-bond donors (Lipinski definition) is 3. The Balaban J connectivity index is 2.04. The molecule has 3 rings (SSSR count). The summed E-state index contributed by atoms with van der Waals surface area (Å²) < 4.78 is 39.5. The molecule has 0 unspecified atom stereocenters. The standard InChI is InChI=1S/C31H36F2N6OS3/c1-6-9-11-17-35-21(4)23(12-10-7-2)27-16-15-25(37-39(27)8-3)29-24(32)13-14-26(30(29)33)38-43(41,42)28-18-22(19-34)20-36-31(28)40-5/h8,11,13-18,20,38,41-42H,3,6-7,9-10,12H2,1-2,4-5H3/b17-11-,27-23+,35-21+. The Hall–Kier alpha value is -3.53. The van der Waals surface area contributed by atoms with E-state index in [2.05, 4.69) is 63.5 Å². The molecule has 0 bridgehead atoms. The first kappa shape index (κ1) is 34.0. The van der Waals surface area contributed by atoms with E-state index in [9.17, 15) is 5.26 Å². The van der Waals surface area contributed by atoms with Crippen LogP contribution in [0.15, 0.2) is 87.9 Å². The van der Waals surface area contributed by atoms with Crippen LogP contribution in [-0.4, -0.2) is 28.5 Å². The highest BCUT2D eigenvalue weighted by atomic mass is 33.5. The normalized spacial score (nSPS) is 15.3. The summed E-state index contributed by atoms with van der Waals surface area (Å²) in [5.41, 5.74) is 2.47. The number of unbranched alkanes of at least 4 members (excludes halogenated alkanes) is 2. The Labute approximate surface area is 263 Å². The summed E-state index contributed by atoms with van der Waals surface area (Å²) in [6, 6.07) is 5.92. The van der Waals surface area contributed by atoms with E-state index in [1.165, 1.54) is 36.6 Å². The largest absolute Gasteiger partial charge is 0.480 e. The summed E-state index contributed by atoms with van der Waals surface area (Å²) in [5, 5.41) is 15.4.